The van der Waals surface area contributed by atoms with Crippen LogP contribution in [0, 0.1) is 0 Å². The third-order valence-corrected chi connectivity index (χ3v) is 1.80. The molecule has 0 spiro atoms. The van der Waals surface area contributed by atoms with Crippen LogP contribution in [0.15, 0.2) is 28.2 Å². The van der Waals surface area contributed by atoms with Gasteiger partial charge in [0.1, 0.15) is 5.76 Å². The van der Waals surface area contributed by atoms with Gasteiger partial charge >= 0.3 is 5.97 Å². The van der Waals surface area contributed by atoms with Gasteiger partial charge in [0.05, 0.1) is 13.7 Å². The Morgan fingerprint density at radius 1 is 1.67 bits per heavy atom. The van der Waals surface area contributed by atoms with Crippen molar-refractivity contribution in [1.82, 2.24) is 5.32 Å². The highest BCUT2D eigenvalue weighted by Crippen LogP contribution is 2.08. The monoisotopic (exact) mass is 229 g/mol. The second-order valence-corrected chi connectivity index (χ2v) is 3.41. The van der Waals surface area contributed by atoms with E-state index in [-0.39, 0.29) is 5.76 Å². The maximum absolute atomic E-state index is 11.0. The maximum atomic E-state index is 11.0. The molecule has 4 nitrogen and oxygen atoms in total. The van der Waals surface area contributed by atoms with Crippen LogP contribution in [0.25, 0.3) is 0 Å². The van der Waals surface area contributed by atoms with Crippen LogP contribution >= 0.6 is 11.6 Å². The van der Waals surface area contributed by atoms with Crippen molar-refractivity contribution in [3.05, 3.63) is 35.3 Å². The number of furan rings is 1. The van der Waals surface area contributed by atoms with Gasteiger partial charge in [-0.1, -0.05) is 18.2 Å². The molecule has 0 fully saturated rings. The number of esters is 1. The Hall–Kier alpha value is -1.26. The molecule has 0 aliphatic carbocycles. The molecule has 0 atom stereocenters. The van der Waals surface area contributed by atoms with Gasteiger partial charge in [-0.2, -0.15) is 0 Å². The molecule has 1 aromatic heterocycles. The van der Waals surface area contributed by atoms with E-state index in [1.165, 1.54) is 7.11 Å². The van der Waals surface area contributed by atoms with Crippen LogP contribution < -0.4 is 5.32 Å². The molecule has 0 aliphatic heterocycles. The molecule has 0 aliphatic rings. The van der Waals surface area contributed by atoms with E-state index in [4.69, 9.17) is 16.0 Å². The Kier molecular flexibility index (Phi) is 4.39. The van der Waals surface area contributed by atoms with Crippen molar-refractivity contribution in [3.63, 3.8) is 0 Å². The number of methoxy groups -OCH3 is 1. The molecule has 0 radical (unpaired) electrons. The van der Waals surface area contributed by atoms with Gasteiger partial charge in [0.2, 0.25) is 5.76 Å². The minimum absolute atomic E-state index is 0.194. The van der Waals surface area contributed by atoms with Crippen molar-refractivity contribution in [2.45, 2.75) is 6.54 Å². The number of rotatable bonds is 5. The van der Waals surface area contributed by atoms with Gasteiger partial charge in [-0.25, -0.2) is 4.79 Å². The van der Waals surface area contributed by atoms with E-state index in [1.807, 2.05) is 0 Å². The first-order chi connectivity index (χ1) is 7.13. The first kappa shape index (κ1) is 11.8. The third kappa shape index (κ3) is 3.77. The molecule has 15 heavy (non-hydrogen) atoms. The molecule has 0 saturated heterocycles. The Labute approximate surface area is 92.9 Å². The van der Waals surface area contributed by atoms with Gasteiger partial charge in [0, 0.05) is 11.6 Å². The summed E-state index contributed by atoms with van der Waals surface area (Å²) in [5.41, 5.74) is 0. The van der Waals surface area contributed by atoms with E-state index in [1.54, 1.807) is 12.1 Å². The van der Waals surface area contributed by atoms with Crippen LogP contribution in [-0.2, 0) is 11.3 Å². The molecule has 1 N–H and O–H groups in total. The van der Waals surface area contributed by atoms with Crippen LogP contribution in [0.4, 0.5) is 0 Å². The zero-order valence-electron chi connectivity index (χ0n) is 8.38. The van der Waals surface area contributed by atoms with E-state index in [9.17, 15) is 4.79 Å². The summed E-state index contributed by atoms with van der Waals surface area (Å²) in [5, 5.41) is 3.52. The van der Waals surface area contributed by atoms with Crippen LogP contribution in [0.1, 0.15) is 16.3 Å². The average molecular weight is 230 g/mol. The second kappa shape index (κ2) is 5.58. The quantitative estimate of drug-likeness (QED) is 0.784. The minimum Gasteiger partial charge on any atom is -0.463 e. The summed E-state index contributed by atoms with van der Waals surface area (Å²) in [4.78, 5) is 11.0. The zero-order chi connectivity index (χ0) is 11.3. The molecule has 1 aromatic rings. The second-order valence-electron chi connectivity index (χ2n) is 2.88. The summed E-state index contributed by atoms with van der Waals surface area (Å²) in [6.45, 7) is 4.52. The first-order valence-corrected chi connectivity index (χ1v) is 4.72. The van der Waals surface area contributed by atoms with Gasteiger partial charge in [-0.15, -0.1) is 0 Å². The fourth-order valence-corrected chi connectivity index (χ4v) is 1.10. The van der Waals surface area contributed by atoms with Crippen LogP contribution in [-0.4, -0.2) is 19.6 Å². The fraction of sp³-hybridized carbons (Fsp3) is 0.300. The Morgan fingerprint density at radius 3 is 3.00 bits per heavy atom. The molecular formula is C10H12ClNO3. The van der Waals surface area contributed by atoms with E-state index >= 15 is 0 Å². The minimum atomic E-state index is -0.483. The summed E-state index contributed by atoms with van der Waals surface area (Å²) in [7, 11) is 1.31. The Bertz CT molecular complexity index is 359. The van der Waals surface area contributed by atoms with Gasteiger partial charge in [0.15, 0.2) is 0 Å². The number of ether oxygens (including phenoxy) is 1. The lowest BCUT2D eigenvalue weighted by molar-refractivity contribution is 0.0563. The average Bonchev–Trinajstić information content (AvgIpc) is 2.65. The summed E-state index contributed by atoms with van der Waals surface area (Å²) < 4.78 is 9.71. The predicted octanol–water partition coefficient (Wildman–Crippen LogP) is 1.91. The Morgan fingerprint density at radius 2 is 2.40 bits per heavy atom. The lowest BCUT2D eigenvalue weighted by Gasteiger charge is -1.99. The number of hydrogen-bond donors (Lipinski definition) is 1. The summed E-state index contributed by atoms with van der Waals surface area (Å²) >= 11 is 5.56. The lowest BCUT2D eigenvalue weighted by atomic mass is 10.4. The largest absolute Gasteiger partial charge is 0.463 e. The SMILES string of the molecule is C=C(Cl)CNCc1ccc(C(=O)OC)o1. The van der Waals surface area contributed by atoms with Crippen molar-refractivity contribution in [3.8, 4) is 0 Å². The molecule has 1 rings (SSSR count). The Balaban J connectivity index is 2.46. The maximum Gasteiger partial charge on any atom is 0.373 e. The standard InChI is InChI=1S/C10H12ClNO3/c1-7(11)5-12-6-8-3-4-9(15-8)10(13)14-2/h3-4,12H,1,5-6H2,2H3. The van der Waals surface area contributed by atoms with Crippen molar-refractivity contribution >= 4 is 17.6 Å². The summed E-state index contributed by atoms with van der Waals surface area (Å²) in [6, 6.07) is 3.27. The van der Waals surface area contributed by atoms with E-state index in [0.717, 1.165) is 0 Å². The predicted molar refractivity (Wildman–Crippen MR) is 56.7 cm³/mol. The van der Waals surface area contributed by atoms with Gasteiger partial charge in [0.25, 0.3) is 0 Å². The molecule has 0 saturated carbocycles. The summed E-state index contributed by atoms with van der Waals surface area (Å²) in [5.74, 6) is 0.357. The molecule has 82 valence electrons. The van der Waals surface area contributed by atoms with Crippen LogP contribution in [0.5, 0.6) is 0 Å². The van der Waals surface area contributed by atoms with Crippen molar-refractivity contribution in [2.75, 3.05) is 13.7 Å². The van der Waals surface area contributed by atoms with Crippen LogP contribution in [0.3, 0.4) is 0 Å². The van der Waals surface area contributed by atoms with Crippen molar-refractivity contribution < 1.29 is 13.9 Å². The molecule has 0 amide bonds. The van der Waals surface area contributed by atoms with Crippen molar-refractivity contribution in [1.29, 1.82) is 0 Å². The number of nitrogens with one attached hydrogen (secondary N) is 1. The number of carbonyl (C=O) groups excluding carboxylic acids is 1. The molecule has 1 heterocycles. The van der Waals surface area contributed by atoms with Crippen LogP contribution in [0.2, 0.25) is 0 Å². The molecule has 0 bridgehead atoms. The van der Waals surface area contributed by atoms with Gasteiger partial charge in [-0.05, 0) is 12.1 Å². The molecule has 5 heteroatoms. The highest BCUT2D eigenvalue weighted by atomic mass is 35.5. The normalized spacial score (nSPS) is 10.0. The van der Waals surface area contributed by atoms with Gasteiger partial charge < -0.3 is 14.5 Å². The molecule has 0 unspecified atom stereocenters. The lowest BCUT2D eigenvalue weighted by Crippen LogP contribution is -2.13. The first-order valence-electron chi connectivity index (χ1n) is 4.34. The summed E-state index contributed by atoms with van der Waals surface area (Å²) in [6.07, 6.45) is 0. The highest BCUT2D eigenvalue weighted by molar-refractivity contribution is 6.29. The molecular weight excluding hydrogens is 218 g/mol. The number of halogens is 1. The van der Waals surface area contributed by atoms with Gasteiger partial charge in [-0.3, -0.25) is 0 Å². The smallest absolute Gasteiger partial charge is 0.373 e. The number of hydrogen-bond acceptors (Lipinski definition) is 4. The van der Waals surface area contributed by atoms with Crippen molar-refractivity contribution in [2.24, 2.45) is 0 Å². The fourth-order valence-electron chi connectivity index (χ4n) is 1.00. The number of carbonyl (C=O) groups is 1. The third-order valence-electron chi connectivity index (χ3n) is 1.66. The van der Waals surface area contributed by atoms with E-state index in [2.05, 4.69) is 16.6 Å². The highest BCUT2D eigenvalue weighted by Gasteiger charge is 2.10. The molecule has 0 aromatic carbocycles. The topological polar surface area (TPSA) is 51.5 Å². The van der Waals surface area contributed by atoms with E-state index in [0.29, 0.717) is 23.9 Å². The zero-order valence-corrected chi connectivity index (χ0v) is 9.13. The van der Waals surface area contributed by atoms with E-state index < -0.39 is 5.97 Å².